The van der Waals surface area contributed by atoms with Crippen molar-refractivity contribution in [2.24, 2.45) is 4.99 Å². The van der Waals surface area contributed by atoms with Gasteiger partial charge in [-0.2, -0.15) is 0 Å². The number of aromatic hydroxyl groups is 1. The van der Waals surface area contributed by atoms with Gasteiger partial charge in [-0.1, -0.05) is 53.8 Å². The molecule has 2 heterocycles. The second-order valence-corrected chi connectivity index (χ2v) is 9.71. The fourth-order valence-electron chi connectivity index (χ4n) is 4.45. The number of esters is 1. The van der Waals surface area contributed by atoms with E-state index in [9.17, 15) is 24.8 Å². The molecule has 0 saturated carbocycles. The molecule has 0 fully saturated rings. The molecule has 0 saturated heterocycles. The van der Waals surface area contributed by atoms with Crippen molar-refractivity contribution in [2.75, 3.05) is 13.7 Å². The fraction of sp³-hybridized carbons (Fsp3) is 0.138. The van der Waals surface area contributed by atoms with Gasteiger partial charge >= 0.3 is 5.97 Å². The zero-order valence-corrected chi connectivity index (χ0v) is 22.3. The van der Waals surface area contributed by atoms with Crippen LogP contribution in [-0.2, 0) is 9.53 Å². The number of non-ortho nitro benzene ring substituents is 1. The summed E-state index contributed by atoms with van der Waals surface area (Å²) in [5.74, 6) is -0.237. The van der Waals surface area contributed by atoms with Crippen LogP contribution >= 0.6 is 11.3 Å². The minimum Gasteiger partial charge on any atom is -0.507 e. The third kappa shape index (κ3) is 4.90. The molecule has 202 valence electrons. The van der Waals surface area contributed by atoms with Gasteiger partial charge in [-0.15, -0.1) is 0 Å². The summed E-state index contributed by atoms with van der Waals surface area (Å²) in [5, 5.41) is 21.6. The molecule has 11 heteroatoms. The molecule has 4 aromatic rings. The lowest BCUT2D eigenvalue weighted by molar-refractivity contribution is -0.384. The van der Waals surface area contributed by atoms with Gasteiger partial charge in [0.1, 0.15) is 11.5 Å². The van der Waals surface area contributed by atoms with E-state index in [4.69, 9.17) is 14.5 Å². The number of carbonyl (C=O) groups excluding carboxylic acids is 1. The Bertz CT molecular complexity index is 1820. The maximum absolute atomic E-state index is 13.9. The van der Waals surface area contributed by atoms with Gasteiger partial charge in [-0.3, -0.25) is 19.5 Å². The van der Waals surface area contributed by atoms with Gasteiger partial charge < -0.3 is 14.6 Å². The van der Waals surface area contributed by atoms with E-state index in [0.717, 1.165) is 11.3 Å². The molecule has 1 aromatic heterocycles. The fourth-order valence-corrected chi connectivity index (χ4v) is 5.45. The molecule has 5 rings (SSSR count). The average molecular weight is 558 g/mol. The van der Waals surface area contributed by atoms with Gasteiger partial charge in [0, 0.05) is 23.3 Å². The second-order valence-electron chi connectivity index (χ2n) is 8.70. The first-order chi connectivity index (χ1) is 19.3. The van der Waals surface area contributed by atoms with Crippen molar-refractivity contribution in [1.29, 1.82) is 0 Å². The zero-order chi connectivity index (χ0) is 28.4. The largest absolute Gasteiger partial charge is 0.507 e. The van der Waals surface area contributed by atoms with Gasteiger partial charge in [0.15, 0.2) is 4.80 Å². The molecule has 1 aliphatic heterocycles. The molecule has 1 unspecified atom stereocenters. The van der Waals surface area contributed by atoms with Crippen LogP contribution in [0.25, 0.3) is 11.8 Å². The van der Waals surface area contributed by atoms with Crippen molar-refractivity contribution >= 4 is 34.8 Å². The minimum atomic E-state index is -0.891. The number of nitro benzene ring substituents is 1. The second kappa shape index (κ2) is 11.0. The molecule has 40 heavy (non-hydrogen) atoms. The molecule has 10 nitrogen and oxygen atoms in total. The lowest BCUT2D eigenvalue weighted by Crippen LogP contribution is -2.40. The number of phenols is 1. The van der Waals surface area contributed by atoms with Crippen LogP contribution in [-0.4, -0.2) is 34.3 Å². The van der Waals surface area contributed by atoms with Crippen molar-refractivity contribution in [3.63, 3.8) is 0 Å². The van der Waals surface area contributed by atoms with Crippen LogP contribution in [0.3, 0.4) is 0 Å². The summed E-state index contributed by atoms with van der Waals surface area (Å²) >= 11 is 1.05. The summed E-state index contributed by atoms with van der Waals surface area (Å²) in [5.41, 5.74) is 1.24. The summed E-state index contributed by atoms with van der Waals surface area (Å²) < 4.78 is 12.3. The number of benzene rings is 3. The number of aromatic nitrogens is 1. The summed E-state index contributed by atoms with van der Waals surface area (Å²) in [6.45, 7) is 1.82. The van der Waals surface area contributed by atoms with Crippen LogP contribution in [0.4, 0.5) is 5.69 Å². The Labute approximate surface area is 231 Å². The van der Waals surface area contributed by atoms with Gasteiger partial charge in [0.05, 0.1) is 40.5 Å². The number of nitro groups is 1. The van der Waals surface area contributed by atoms with Gasteiger partial charge in [0.2, 0.25) is 0 Å². The lowest BCUT2D eigenvalue weighted by atomic mass is 9.93. The molecule has 1 aliphatic rings. The highest BCUT2D eigenvalue weighted by Gasteiger charge is 2.35. The van der Waals surface area contributed by atoms with Crippen LogP contribution in [0.15, 0.2) is 88.2 Å². The van der Waals surface area contributed by atoms with Gasteiger partial charge in [-0.05, 0) is 36.8 Å². The highest BCUT2D eigenvalue weighted by atomic mass is 32.1. The third-order valence-corrected chi connectivity index (χ3v) is 7.30. The summed E-state index contributed by atoms with van der Waals surface area (Å²) in [6.07, 6.45) is 1.38. The lowest BCUT2D eigenvalue weighted by Gasteiger charge is -2.26. The first-order valence-electron chi connectivity index (χ1n) is 12.2. The molecule has 1 N–H and O–H groups in total. The van der Waals surface area contributed by atoms with E-state index in [2.05, 4.69) is 0 Å². The SMILES string of the molecule is CCOC(=O)C1=C(c2ccccc2)N=c2sc(=Cc3cc([N+](=O)[O-])ccc3O)c(=O)n2C1c1ccc(OC)cc1. The zero-order valence-electron chi connectivity index (χ0n) is 21.4. The maximum Gasteiger partial charge on any atom is 0.338 e. The molecule has 0 aliphatic carbocycles. The van der Waals surface area contributed by atoms with Crippen molar-refractivity contribution in [2.45, 2.75) is 13.0 Å². The molecular weight excluding hydrogens is 534 g/mol. The number of hydrogen-bond acceptors (Lipinski definition) is 9. The van der Waals surface area contributed by atoms with Crippen molar-refractivity contribution in [3.8, 4) is 11.5 Å². The summed E-state index contributed by atoms with van der Waals surface area (Å²) in [4.78, 5) is 43.1. The van der Waals surface area contributed by atoms with Crippen molar-refractivity contribution in [3.05, 3.63) is 125 Å². The maximum atomic E-state index is 13.9. The summed E-state index contributed by atoms with van der Waals surface area (Å²) in [6, 6.07) is 18.8. The Balaban J connectivity index is 1.82. The predicted octanol–water partition coefficient (Wildman–Crippen LogP) is 3.56. The Hall–Kier alpha value is -5.03. The number of nitrogens with zero attached hydrogens (tertiary/aromatic N) is 3. The number of rotatable bonds is 7. The highest BCUT2D eigenvalue weighted by molar-refractivity contribution is 7.07. The Kier molecular flexibility index (Phi) is 7.30. The van der Waals surface area contributed by atoms with Crippen molar-refractivity contribution < 1.29 is 24.3 Å². The van der Waals surface area contributed by atoms with Crippen LogP contribution < -0.4 is 19.6 Å². The molecule has 0 bridgehead atoms. The van der Waals surface area contributed by atoms with Gasteiger partial charge in [0.25, 0.3) is 11.2 Å². The summed E-state index contributed by atoms with van der Waals surface area (Å²) in [7, 11) is 1.54. The highest BCUT2D eigenvalue weighted by Crippen LogP contribution is 2.35. The normalized spacial score (nSPS) is 14.8. The Morgan fingerprint density at radius 1 is 1.15 bits per heavy atom. The van der Waals surface area contributed by atoms with Gasteiger partial charge in [-0.25, -0.2) is 9.79 Å². The van der Waals surface area contributed by atoms with E-state index >= 15 is 0 Å². The number of fused-ring (bicyclic) bond motifs is 1. The number of carbonyl (C=O) groups is 1. The number of ether oxygens (including phenoxy) is 2. The van der Waals surface area contributed by atoms with E-state index in [1.807, 2.05) is 30.3 Å². The van der Waals surface area contributed by atoms with E-state index in [1.54, 1.807) is 38.3 Å². The predicted molar refractivity (Wildman–Crippen MR) is 149 cm³/mol. The average Bonchev–Trinajstić information content (AvgIpc) is 3.28. The minimum absolute atomic E-state index is 0.105. The number of hydrogen-bond donors (Lipinski definition) is 1. The van der Waals surface area contributed by atoms with Crippen LogP contribution in [0.5, 0.6) is 11.5 Å². The number of thiazole rings is 1. The molecule has 1 atom stereocenters. The smallest absolute Gasteiger partial charge is 0.338 e. The first kappa shape index (κ1) is 26.6. The van der Waals surface area contributed by atoms with Crippen LogP contribution in [0.1, 0.15) is 29.7 Å². The van der Waals surface area contributed by atoms with E-state index in [-0.39, 0.29) is 33.7 Å². The van der Waals surface area contributed by atoms with E-state index < -0.39 is 22.5 Å². The Morgan fingerprint density at radius 2 is 1.88 bits per heavy atom. The van der Waals surface area contributed by atoms with E-state index in [0.29, 0.717) is 27.4 Å². The molecule has 0 spiro atoms. The van der Waals surface area contributed by atoms with Crippen LogP contribution in [0.2, 0.25) is 0 Å². The number of phenolic OH excluding ortho intramolecular Hbond substituents is 1. The van der Waals surface area contributed by atoms with Crippen molar-refractivity contribution in [1.82, 2.24) is 4.57 Å². The Morgan fingerprint density at radius 3 is 2.52 bits per heavy atom. The first-order valence-corrected chi connectivity index (χ1v) is 13.0. The molecule has 3 aromatic carbocycles. The number of methoxy groups -OCH3 is 1. The quantitative estimate of drug-likeness (QED) is 0.209. The standard InChI is InChI=1S/C29H23N3O7S/c1-3-39-28(35)24-25(17-7-5-4-6-8-17)30-29-31(26(24)18-9-12-21(38-2)13-10-18)27(34)23(40-29)16-19-15-20(32(36)37)11-14-22(19)33/h4-16,26,33H,3H2,1-2H3. The molecular formula is C29H23N3O7S. The monoisotopic (exact) mass is 557 g/mol. The topological polar surface area (TPSA) is 133 Å². The molecule has 0 radical (unpaired) electrons. The van der Waals surface area contributed by atoms with E-state index in [1.165, 1.54) is 28.8 Å². The molecule has 0 amide bonds. The van der Waals surface area contributed by atoms with Crippen LogP contribution in [0, 0.1) is 10.1 Å². The third-order valence-electron chi connectivity index (χ3n) is 6.31.